The van der Waals surface area contributed by atoms with Crippen molar-refractivity contribution in [1.29, 1.82) is 0 Å². The highest BCUT2D eigenvalue weighted by atomic mass is 19.4. The summed E-state index contributed by atoms with van der Waals surface area (Å²) in [6.07, 6.45) is -4.44. The highest BCUT2D eigenvalue weighted by Crippen LogP contribution is 2.28. The van der Waals surface area contributed by atoms with Crippen molar-refractivity contribution in [3.63, 3.8) is 0 Å². The maximum atomic E-state index is 12.7. The zero-order valence-corrected chi connectivity index (χ0v) is 15.7. The molecule has 0 radical (unpaired) electrons. The predicted molar refractivity (Wildman–Crippen MR) is 94.8 cm³/mol. The number of nitrogens with one attached hydrogen (secondary N) is 1. The van der Waals surface area contributed by atoms with E-state index in [2.05, 4.69) is 10.4 Å². The number of amides is 1. The Hall–Kier alpha value is -3.04. The number of carbonyl (C=O) groups excluding carboxylic acids is 1. The van der Waals surface area contributed by atoms with Gasteiger partial charge in [-0.25, -0.2) is 4.79 Å². The van der Waals surface area contributed by atoms with E-state index in [4.69, 9.17) is 4.74 Å². The van der Waals surface area contributed by atoms with Crippen molar-refractivity contribution in [2.75, 3.05) is 12.4 Å². The quantitative estimate of drug-likeness (QED) is 0.775. The topological polar surface area (TPSA) is 93.5 Å². The molecule has 0 fully saturated rings. The molecule has 0 aliphatic carbocycles. The molecule has 28 heavy (non-hydrogen) atoms. The molecule has 1 unspecified atom stereocenters. The largest absolute Gasteiger partial charge is 0.497 e. The van der Waals surface area contributed by atoms with Gasteiger partial charge in [-0.05, 0) is 39.0 Å². The first-order valence-electron chi connectivity index (χ1n) is 8.27. The van der Waals surface area contributed by atoms with E-state index in [0.29, 0.717) is 17.0 Å². The van der Waals surface area contributed by atoms with Gasteiger partial charge >= 0.3 is 12.1 Å². The van der Waals surface area contributed by atoms with E-state index < -0.39 is 30.5 Å². The van der Waals surface area contributed by atoms with Crippen molar-refractivity contribution >= 4 is 17.6 Å². The number of benzene rings is 1. The zero-order valence-electron chi connectivity index (χ0n) is 15.7. The minimum absolute atomic E-state index is 0.0585. The molecular weight excluding hydrogens is 379 g/mol. The number of nitrogens with zero attached hydrogens (tertiary/aromatic N) is 2. The average Bonchev–Trinajstić information content (AvgIpc) is 2.86. The smallest absolute Gasteiger partial charge is 0.408 e. The molecule has 0 saturated carbocycles. The number of hydrogen-bond donors (Lipinski definition) is 2. The van der Waals surface area contributed by atoms with Gasteiger partial charge in [-0.1, -0.05) is 0 Å². The maximum Gasteiger partial charge on any atom is 0.408 e. The normalized spacial score (nSPS) is 12.5. The van der Waals surface area contributed by atoms with E-state index in [9.17, 15) is 27.9 Å². The van der Waals surface area contributed by atoms with E-state index in [1.54, 1.807) is 0 Å². The number of anilines is 1. The van der Waals surface area contributed by atoms with Crippen LogP contribution >= 0.6 is 0 Å². The van der Waals surface area contributed by atoms with Crippen LogP contribution in [-0.4, -0.2) is 40.0 Å². The number of aryl methyl sites for hydroxylation is 1. The Morgan fingerprint density at radius 1 is 1.32 bits per heavy atom. The fraction of sp³-hybridized carbons (Fsp3) is 0.389. The molecule has 1 amide bonds. The third-order valence-corrected chi connectivity index (χ3v) is 4.31. The molecule has 0 saturated heterocycles. The fourth-order valence-electron chi connectivity index (χ4n) is 2.97. The van der Waals surface area contributed by atoms with Gasteiger partial charge in [-0.2, -0.15) is 18.3 Å². The van der Waals surface area contributed by atoms with Gasteiger partial charge in [0.1, 0.15) is 12.3 Å². The predicted octanol–water partition coefficient (Wildman–Crippen LogP) is 3.51. The van der Waals surface area contributed by atoms with E-state index >= 15 is 0 Å². The molecule has 0 bridgehead atoms. The number of hydrogen-bond acceptors (Lipinski definition) is 4. The van der Waals surface area contributed by atoms with Gasteiger partial charge in [0.05, 0.1) is 30.0 Å². The summed E-state index contributed by atoms with van der Waals surface area (Å²) >= 11 is 0. The maximum absolute atomic E-state index is 12.7. The number of halogens is 3. The lowest BCUT2D eigenvalue weighted by Crippen LogP contribution is -2.22. The summed E-state index contributed by atoms with van der Waals surface area (Å²) in [5, 5.41) is 15.7. The van der Waals surface area contributed by atoms with Gasteiger partial charge in [0.15, 0.2) is 0 Å². The molecule has 1 aromatic carbocycles. The molecular formula is C18H20F3N3O4. The van der Waals surface area contributed by atoms with Crippen LogP contribution in [0.4, 0.5) is 18.9 Å². The van der Waals surface area contributed by atoms with E-state index in [-0.39, 0.29) is 16.9 Å². The highest BCUT2D eigenvalue weighted by Gasteiger charge is 2.32. The Bertz CT molecular complexity index is 906. The Balaban J connectivity index is 2.30. The first-order valence-corrected chi connectivity index (χ1v) is 8.27. The summed E-state index contributed by atoms with van der Waals surface area (Å²) in [7, 11) is 1.38. The first-order chi connectivity index (χ1) is 12.9. The number of rotatable bonds is 6. The summed E-state index contributed by atoms with van der Waals surface area (Å²) in [5.74, 6) is -2.35. The van der Waals surface area contributed by atoms with Crippen LogP contribution in [0, 0.1) is 13.8 Å². The molecule has 2 N–H and O–H groups in total. The van der Waals surface area contributed by atoms with Crippen molar-refractivity contribution in [1.82, 2.24) is 9.78 Å². The number of aromatic nitrogens is 2. The zero-order chi connectivity index (χ0) is 21.2. The van der Waals surface area contributed by atoms with Gasteiger partial charge in [0, 0.05) is 11.3 Å². The summed E-state index contributed by atoms with van der Waals surface area (Å²) in [6.45, 7) is 3.25. The molecule has 1 heterocycles. The van der Waals surface area contributed by atoms with Gasteiger partial charge in [-0.3, -0.25) is 9.48 Å². The van der Waals surface area contributed by atoms with Gasteiger partial charge in [0.25, 0.3) is 0 Å². The Morgan fingerprint density at radius 2 is 1.96 bits per heavy atom. The minimum Gasteiger partial charge on any atom is -0.497 e. The van der Waals surface area contributed by atoms with E-state index in [0.717, 1.165) is 4.68 Å². The third kappa shape index (κ3) is 4.62. The Morgan fingerprint density at radius 3 is 2.50 bits per heavy atom. The Kier molecular flexibility index (Phi) is 6.01. The number of ether oxygens (including phenoxy) is 1. The molecule has 1 aromatic heterocycles. The second-order valence-electron chi connectivity index (χ2n) is 6.28. The van der Waals surface area contributed by atoms with Crippen LogP contribution in [0.25, 0.3) is 0 Å². The van der Waals surface area contributed by atoms with E-state index in [1.807, 2.05) is 0 Å². The number of methoxy groups -OCH3 is 1. The van der Waals surface area contributed by atoms with Crippen LogP contribution in [0.2, 0.25) is 0 Å². The number of alkyl halides is 3. The molecule has 1 atom stereocenters. The first kappa shape index (κ1) is 21.3. The molecule has 2 rings (SSSR count). The lowest BCUT2D eigenvalue weighted by atomic mass is 9.98. The Labute approximate surface area is 159 Å². The van der Waals surface area contributed by atoms with Gasteiger partial charge in [0.2, 0.25) is 5.91 Å². The highest BCUT2D eigenvalue weighted by molar-refractivity contribution is 6.02. The monoisotopic (exact) mass is 399 g/mol. The lowest BCUT2D eigenvalue weighted by molar-refractivity contribution is -0.143. The molecule has 10 heteroatoms. The molecule has 152 valence electrons. The van der Waals surface area contributed by atoms with Crippen molar-refractivity contribution < 1.29 is 32.6 Å². The van der Waals surface area contributed by atoms with Crippen LogP contribution in [-0.2, 0) is 11.3 Å². The average molecular weight is 399 g/mol. The summed E-state index contributed by atoms with van der Waals surface area (Å²) in [4.78, 5) is 24.1. The third-order valence-electron chi connectivity index (χ3n) is 4.31. The lowest BCUT2D eigenvalue weighted by Gasteiger charge is -2.15. The van der Waals surface area contributed by atoms with Crippen LogP contribution in [0.1, 0.15) is 40.2 Å². The van der Waals surface area contributed by atoms with Crippen molar-refractivity contribution in [2.24, 2.45) is 0 Å². The van der Waals surface area contributed by atoms with Gasteiger partial charge < -0.3 is 15.2 Å². The summed E-state index contributed by atoms with van der Waals surface area (Å²) in [5.41, 5.74) is 0.791. The summed E-state index contributed by atoms with van der Waals surface area (Å²) in [6, 6.07) is 4.14. The second kappa shape index (κ2) is 7.91. The second-order valence-corrected chi connectivity index (χ2v) is 6.28. The number of carbonyl (C=O) groups is 2. The SMILES string of the molecule is COc1ccc(NC(=O)C(C)c2c(C)nn(CC(F)(F)F)c2C)c(C(=O)O)c1. The van der Waals surface area contributed by atoms with Crippen molar-refractivity contribution in [3.05, 3.63) is 40.7 Å². The number of carboxylic acid groups (broad SMARTS) is 1. The van der Waals surface area contributed by atoms with Crippen LogP contribution in [0.15, 0.2) is 18.2 Å². The number of carboxylic acids is 1. The van der Waals surface area contributed by atoms with Gasteiger partial charge in [-0.15, -0.1) is 0 Å². The van der Waals surface area contributed by atoms with Crippen LogP contribution in [0.5, 0.6) is 5.75 Å². The molecule has 7 nitrogen and oxygen atoms in total. The molecule has 2 aromatic rings. The van der Waals surface area contributed by atoms with Crippen LogP contribution < -0.4 is 10.1 Å². The summed E-state index contributed by atoms with van der Waals surface area (Å²) < 4.78 is 43.8. The van der Waals surface area contributed by atoms with Crippen LogP contribution in [0.3, 0.4) is 0 Å². The van der Waals surface area contributed by atoms with Crippen molar-refractivity contribution in [2.45, 2.75) is 39.4 Å². The van der Waals surface area contributed by atoms with Crippen molar-refractivity contribution in [3.8, 4) is 5.75 Å². The minimum atomic E-state index is -4.44. The molecule has 0 spiro atoms. The standard InChI is InChI=1S/C18H20F3N3O4/c1-9(15-10(2)23-24(11(15)3)8-18(19,20)21)16(25)22-14-6-5-12(28-4)7-13(14)17(26)27/h5-7,9H,8H2,1-4H3,(H,22,25)(H,26,27). The number of aromatic carboxylic acids is 1. The molecule has 0 aliphatic heterocycles. The van der Waals surface area contributed by atoms with E-state index in [1.165, 1.54) is 46.1 Å². The molecule has 0 aliphatic rings. The fourth-order valence-corrected chi connectivity index (χ4v) is 2.97.